The van der Waals surface area contributed by atoms with Crippen molar-refractivity contribution in [2.24, 2.45) is 0 Å². The molecule has 0 aromatic carbocycles. The van der Waals surface area contributed by atoms with Crippen molar-refractivity contribution in [3.05, 3.63) is 97.6 Å². The quantitative estimate of drug-likeness (QED) is 0.200. The van der Waals surface area contributed by atoms with E-state index in [1.54, 1.807) is 33.2 Å². The zero-order valence-corrected chi connectivity index (χ0v) is 19.3. The van der Waals surface area contributed by atoms with Crippen LogP contribution in [0.1, 0.15) is 0 Å². The summed E-state index contributed by atoms with van der Waals surface area (Å²) in [6, 6.07) is 23.2. The van der Waals surface area contributed by atoms with Gasteiger partial charge in [-0.05, 0) is 48.5 Å². The van der Waals surface area contributed by atoms with Gasteiger partial charge in [0.25, 0.3) is 0 Å². The van der Waals surface area contributed by atoms with Crippen molar-refractivity contribution >= 4 is 40.7 Å². The summed E-state index contributed by atoms with van der Waals surface area (Å²) in [6.45, 7) is 0. The predicted molar refractivity (Wildman–Crippen MR) is 123 cm³/mol. The van der Waals surface area contributed by atoms with Crippen LogP contribution in [-0.4, -0.2) is 19.9 Å². The third-order valence-corrected chi connectivity index (χ3v) is 3.18. The molecule has 4 nitrogen and oxygen atoms in total. The van der Waals surface area contributed by atoms with Crippen molar-refractivity contribution in [2.75, 3.05) is 0 Å². The molecule has 0 spiro atoms. The van der Waals surface area contributed by atoms with Gasteiger partial charge in [-0.3, -0.25) is 19.9 Å². The molecule has 27 heavy (non-hydrogen) atoms. The Morgan fingerprint density at radius 2 is 0.667 bits per heavy atom. The van der Waals surface area contributed by atoms with Gasteiger partial charge in [-0.25, -0.2) is 0 Å². The molecule has 0 atom stereocenters. The molecule has 141 valence electrons. The summed E-state index contributed by atoms with van der Waals surface area (Å²) in [5.41, 5.74) is 3.66. The van der Waals surface area contributed by atoms with Crippen LogP contribution in [0.25, 0.3) is 22.8 Å². The van der Waals surface area contributed by atoms with Crippen molar-refractivity contribution in [2.45, 2.75) is 0 Å². The van der Waals surface area contributed by atoms with E-state index in [9.17, 15) is 0 Å². The van der Waals surface area contributed by atoms with Crippen LogP contribution in [0.2, 0.25) is 0 Å². The monoisotopic (exact) mass is 629 g/mol. The Morgan fingerprint density at radius 3 is 0.815 bits per heavy atom. The molecular weight excluding hydrogens is 614 g/mol. The standard InChI is InChI=1S/2C10H8N2.Cu.2HI/c2*1-3-7-11-9(5-1)10-6-2-4-8-12-10;;;/h2*1-8H;;2*1H/q;;+2;;/p-2. The third kappa shape index (κ3) is 8.42. The fourth-order valence-electron chi connectivity index (χ4n) is 2.06. The van der Waals surface area contributed by atoms with E-state index in [1.165, 1.54) is 0 Å². The van der Waals surface area contributed by atoms with Gasteiger partial charge in [0, 0.05) is 24.8 Å². The molecule has 0 radical (unpaired) electrons. The molecule has 4 heterocycles. The van der Waals surface area contributed by atoms with E-state index in [0.29, 0.717) is 0 Å². The van der Waals surface area contributed by atoms with Crippen molar-refractivity contribution in [1.82, 2.24) is 19.9 Å². The van der Waals surface area contributed by atoms with E-state index in [1.807, 2.05) is 72.8 Å². The van der Waals surface area contributed by atoms with Crippen molar-refractivity contribution < 1.29 is 8.46 Å². The zero-order chi connectivity index (χ0) is 19.2. The summed E-state index contributed by atoms with van der Waals surface area (Å²) in [6.07, 6.45) is 7.07. The normalized spacial score (nSPS) is 9.41. The molecule has 0 saturated heterocycles. The zero-order valence-electron chi connectivity index (χ0n) is 14.1. The van der Waals surface area contributed by atoms with E-state index < -0.39 is 0 Å². The number of rotatable bonds is 2. The molecule has 4 rings (SSSR count). The first-order chi connectivity index (χ1) is 13.3. The summed E-state index contributed by atoms with van der Waals surface area (Å²) >= 11 is 4.36. The summed E-state index contributed by atoms with van der Waals surface area (Å²) in [5.74, 6) is 0. The first-order valence-electron chi connectivity index (χ1n) is 7.81. The van der Waals surface area contributed by atoms with Gasteiger partial charge in [0.1, 0.15) is 0 Å². The minimum atomic E-state index is 0.915. The Balaban J connectivity index is 0.000000170. The Hall–Kier alpha value is -1.42. The molecule has 4 aromatic heterocycles. The van der Waals surface area contributed by atoms with Crippen LogP contribution >= 0.6 is 40.7 Å². The molecule has 0 fully saturated rings. The third-order valence-electron chi connectivity index (χ3n) is 3.18. The van der Waals surface area contributed by atoms with Gasteiger partial charge in [0.15, 0.2) is 0 Å². The summed E-state index contributed by atoms with van der Waals surface area (Å²) in [5, 5.41) is 0. The maximum atomic E-state index is 4.19. The van der Waals surface area contributed by atoms with Crippen LogP contribution in [0.3, 0.4) is 0 Å². The van der Waals surface area contributed by atoms with Gasteiger partial charge in [-0.1, -0.05) is 24.3 Å². The van der Waals surface area contributed by atoms with Gasteiger partial charge >= 0.3 is 49.1 Å². The van der Waals surface area contributed by atoms with E-state index in [0.717, 1.165) is 22.8 Å². The van der Waals surface area contributed by atoms with Crippen LogP contribution in [0.5, 0.6) is 0 Å². The van der Waals surface area contributed by atoms with E-state index in [4.69, 9.17) is 0 Å². The topological polar surface area (TPSA) is 51.6 Å². The van der Waals surface area contributed by atoms with Crippen LogP contribution in [-0.2, 0) is 8.46 Å². The molecule has 0 aliphatic carbocycles. The molecule has 0 saturated carbocycles. The molecule has 0 unspecified atom stereocenters. The van der Waals surface area contributed by atoms with Crippen LogP contribution in [0.4, 0.5) is 0 Å². The Morgan fingerprint density at radius 1 is 0.444 bits per heavy atom. The van der Waals surface area contributed by atoms with Gasteiger partial charge in [-0.15, -0.1) is 0 Å². The number of aromatic nitrogens is 4. The summed E-state index contributed by atoms with van der Waals surface area (Å²) in [4.78, 5) is 16.7. The minimum Gasteiger partial charge on any atom is -0.255 e. The number of pyridine rings is 4. The predicted octanol–water partition coefficient (Wildman–Crippen LogP) is 6.06. The second-order valence-corrected chi connectivity index (χ2v) is 12.9. The first kappa shape index (κ1) is 21.9. The van der Waals surface area contributed by atoms with Gasteiger partial charge in [-0.2, -0.15) is 0 Å². The van der Waals surface area contributed by atoms with Crippen molar-refractivity contribution in [1.29, 1.82) is 0 Å². The second kappa shape index (κ2) is 13.7. The van der Waals surface area contributed by atoms with Gasteiger partial charge < -0.3 is 0 Å². The largest absolute Gasteiger partial charge is 0.255 e. The Kier molecular flexibility index (Phi) is 11.1. The smallest absolute Gasteiger partial charge is 0.0886 e. The number of halogens is 2. The SMILES string of the molecule is [I][Cu][I].c1ccc(-c2ccccn2)nc1.c1ccc(-c2ccccn2)nc1. The van der Waals surface area contributed by atoms with Crippen molar-refractivity contribution in [3.8, 4) is 22.8 Å². The van der Waals surface area contributed by atoms with E-state index in [2.05, 4.69) is 60.6 Å². The van der Waals surface area contributed by atoms with Crippen LogP contribution in [0, 0.1) is 0 Å². The number of hydrogen-bond donors (Lipinski definition) is 0. The summed E-state index contributed by atoms with van der Waals surface area (Å²) in [7, 11) is 1.75. The molecule has 0 bridgehead atoms. The second-order valence-electron chi connectivity index (χ2n) is 4.90. The minimum absolute atomic E-state index is 0.915. The Labute approximate surface area is 187 Å². The molecule has 0 amide bonds. The maximum absolute atomic E-state index is 4.19. The molecule has 7 heteroatoms. The molecule has 0 aliphatic heterocycles. The van der Waals surface area contributed by atoms with E-state index in [-0.39, 0.29) is 0 Å². The first-order valence-corrected chi connectivity index (χ1v) is 13.9. The number of hydrogen-bond acceptors (Lipinski definition) is 4. The molecule has 4 aromatic rings. The molecule has 0 N–H and O–H groups in total. The van der Waals surface area contributed by atoms with Gasteiger partial charge in [0.05, 0.1) is 22.8 Å². The summed E-state index contributed by atoms with van der Waals surface area (Å²) < 4.78 is 0. The fraction of sp³-hybridized carbons (Fsp3) is 0. The average Bonchev–Trinajstić information content (AvgIpc) is 2.77. The van der Waals surface area contributed by atoms with Crippen LogP contribution < -0.4 is 0 Å². The maximum Gasteiger partial charge on any atom is 0.0886 e. The van der Waals surface area contributed by atoms with E-state index >= 15 is 0 Å². The van der Waals surface area contributed by atoms with Crippen molar-refractivity contribution in [3.63, 3.8) is 0 Å². The fourth-order valence-corrected chi connectivity index (χ4v) is 2.06. The molecular formula is C20H16CuI2N4. The number of nitrogens with zero attached hydrogens (tertiary/aromatic N) is 4. The van der Waals surface area contributed by atoms with Crippen LogP contribution in [0.15, 0.2) is 97.6 Å². The average molecular weight is 630 g/mol. The van der Waals surface area contributed by atoms with Gasteiger partial charge in [0.2, 0.25) is 0 Å². The Bertz CT molecular complexity index is 717. The molecule has 0 aliphatic rings.